The summed E-state index contributed by atoms with van der Waals surface area (Å²) in [7, 11) is 0. The summed E-state index contributed by atoms with van der Waals surface area (Å²) in [4.78, 5) is 26.3. The number of carbonyl (C=O) groups excluding carboxylic acids is 2. The van der Waals surface area contributed by atoms with Gasteiger partial charge in [-0.3, -0.25) is 9.59 Å². The molecule has 3 unspecified atom stereocenters. The summed E-state index contributed by atoms with van der Waals surface area (Å²) < 4.78 is 5.96. The van der Waals surface area contributed by atoms with Crippen LogP contribution in [0.1, 0.15) is 310 Å². The maximum atomic E-state index is 13.3. The summed E-state index contributed by atoms with van der Waals surface area (Å²) in [6.45, 7) is 6.49. The third kappa shape index (κ3) is 48.5. The van der Waals surface area contributed by atoms with Gasteiger partial charge in [-0.2, -0.15) is 0 Å². The number of allylic oxidation sites excluding steroid dienone is 6. The Morgan fingerprint density at radius 3 is 1.20 bits per heavy atom. The fourth-order valence-electron chi connectivity index (χ4n) is 9.03. The molecule has 0 aromatic rings. The zero-order chi connectivity index (χ0) is 48.1. The van der Waals surface area contributed by atoms with Crippen molar-refractivity contribution in [3.05, 3.63) is 36.5 Å². The van der Waals surface area contributed by atoms with Crippen LogP contribution in [0.5, 0.6) is 0 Å². The van der Waals surface area contributed by atoms with Crippen LogP contribution in [-0.2, 0) is 14.3 Å². The number of ether oxygens (including phenoxy) is 1. The number of carbonyl (C=O) groups is 2. The number of esters is 1. The number of rotatable bonds is 53. The van der Waals surface area contributed by atoms with E-state index in [-0.39, 0.29) is 24.9 Å². The summed E-state index contributed by atoms with van der Waals surface area (Å²) in [6.07, 6.45) is 64.9. The van der Waals surface area contributed by atoms with Gasteiger partial charge in [0.25, 0.3) is 0 Å². The molecule has 0 aromatic heterocycles. The van der Waals surface area contributed by atoms with Crippen LogP contribution in [0, 0.1) is 0 Å². The number of unbranched alkanes of at least 4 members (excludes halogenated alkanes) is 35. The van der Waals surface area contributed by atoms with E-state index in [9.17, 15) is 19.8 Å². The van der Waals surface area contributed by atoms with Crippen molar-refractivity contribution in [3.8, 4) is 0 Å². The Hall–Kier alpha value is -1.92. The molecule has 0 bridgehead atoms. The van der Waals surface area contributed by atoms with E-state index in [1.807, 2.05) is 0 Å². The maximum absolute atomic E-state index is 13.3. The number of aliphatic hydroxyl groups excluding tert-OH is 2. The normalized spacial score (nSPS) is 13.3. The fraction of sp³-hybridized carbons (Fsp3) is 0.867. The van der Waals surface area contributed by atoms with Crippen molar-refractivity contribution in [2.75, 3.05) is 6.61 Å². The van der Waals surface area contributed by atoms with Gasteiger partial charge in [-0.25, -0.2) is 0 Å². The molecule has 388 valence electrons. The molecule has 0 aliphatic carbocycles. The lowest BCUT2D eigenvalue weighted by molar-refractivity contribution is -0.151. The van der Waals surface area contributed by atoms with Crippen LogP contribution in [0.2, 0.25) is 0 Å². The van der Waals surface area contributed by atoms with E-state index in [0.717, 1.165) is 83.5 Å². The number of amides is 1. The molecule has 0 aliphatic rings. The zero-order valence-corrected chi connectivity index (χ0v) is 44.3. The first-order chi connectivity index (χ1) is 32.5. The summed E-state index contributed by atoms with van der Waals surface area (Å²) in [5.41, 5.74) is 0. The molecule has 1 amide bonds. The van der Waals surface area contributed by atoms with E-state index in [1.165, 1.54) is 180 Å². The Morgan fingerprint density at radius 2 is 0.773 bits per heavy atom. The SMILES string of the molecule is CCCCC/C=C\C/C=C\C/C=C\CCCCCCC(CC(=O)NC(CO)C(O)CCCCCCCCCCCCCCCC)OC(=O)CCCCCCCCCCCCCCCCCC. The van der Waals surface area contributed by atoms with Crippen molar-refractivity contribution in [2.45, 2.75) is 328 Å². The van der Waals surface area contributed by atoms with Crippen LogP contribution in [0.25, 0.3) is 0 Å². The van der Waals surface area contributed by atoms with Gasteiger partial charge in [-0.15, -0.1) is 0 Å². The molecule has 0 aromatic carbocycles. The first-order valence-electron chi connectivity index (χ1n) is 29.2. The third-order valence-electron chi connectivity index (χ3n) is 13.5. The molecule has 0 rings (SSSR count). The van der Waals surface area contributed by atoms with Gasteiger partial charge in [-0.1, -0.05) is 269 Å². The fourth-order valence-corrected chi connectivity index (χ4v) is 9.03. The predicted octanol–water partition coefficient (Wildman–Crippen LogP) is 18.0. The minimum atomic E-state index is -0.792. The van der Waals surface area contributed by atoms with Crippen LogP contribution in [0.15, 0.2) is 36.5 Å². The van der Waals surface area contributed by atoms with Crippen LogP contribution < -0.4 is 5.32 Å². The van der Waals surface area contributed by atoms with Gasteiger partial charge in [0.1, 0.15) is 6.10 Å². The Labute approximate surface area is 411 Å². The van der Waals surface area contributed by atoms with Gasteiger partial charge < -0.3 is 20.3 Å². The Morgan fingerprint density at radius 1 is 0.439 bits per heavy atom. The molecule has 0 heterocycles. The van der Waals surface area contributed by atoms with E-state index in [2.05, 4.69) is 62.5 Å². The highest BCUT2D eigenvalue weighted by molar-refractivity contribution is 5.77. The van der Waals surface area contributed by atoms with Crippen molar-refractivity contribution in [1.29, 1.82) is 0 Å². The first kappa shape index (κ1) is 64.1. The van der Waals surface area contributed by atoms with E-state index in [1.54, 1.807) is 0 Å². The van der Waals surface area contributed by atoms with Gasteiger partial charge in [0.2, 0.25) is 5.91 Å². The molecule has 66 heavy (non-hydrogen) atoms. The predicted molar refractivity (Wildman–Crippen MR) is 287 cm³/mol. The second-order valence-corrected chi connectivity index (χ2v) is 20.1. The lowest BCUT2D eigenvalue weighted by Gasteiger charge is -2.24. The van der Waals surface area contributed by atoms with E-state index < -0.39 is 18.2 Å². The van der Waals surface area contributed by atoms with E-state index >= 15 is 0 Å². The number of aliphatic hydroxyl groups is 2. The van der Waals surface area contributed by atoms with Gasteiger partial charge in [0.15, 0.2) is 0 Å². The molecular weight excluding hydrogens is 815 g/mol. The van der Waals surface area contributed by atoms with Crippen LogP contribution in [0.3, 0.4) is 0 Å². The second-order valence-electron chi connectivity index (χ2n) is 20.1. The Bertz CT molecular complexity index is 1090. The number of nitrogens with one attached hydrogen (secondary N) is 1. The third-order valence-corrected chi connectivity index (χ3v) is 13.5. The lowest BCUT2D eigenvalue weighted by atomic mass is 10.0. The molecule has 0 spiro atoms. The van der Waals surface area contributed by atoms with Crippen LogP contribution in [0.4, 0.5) is 0 Å². The lowest BCUT2D eigenvalue weighted by Crippen LogP contribution is -2.46. The summed E-state index contributed by atoms with van der Waals surface area (Å²) in [5.74, 6) is -0.478. The van der Waals surface area contributed by atoms with Gasteiger partial charge in [0, 0.05) is 6.42 Å². The van der Waals surface area contributed by atoms with Crippen LogP contribution in [-0.4, -0.2) is 46.9 Å². The molecule has 6 nitrogen and oxygen atoms in total. The topological polar surface area (TPSA) is 95.9 Å². The average molecular weight is 929 g/mol. The highest BCUT2D eigenvalue weighted by atomic mass is 16.5. The Balaban J connectivity index is 4.58. The molecule has 0 saturated heterocycles. The molecule has 0 aliphatic heterocycles. The van der Waals surface area contributed by atoms with Gasteiger partial charge in [0.05, 0.1) is 25.2 Å². The molecule has 0 fully saturated rings. The highest BCUT2D eigenvalue weighted by Crippen LogP contribution is 2.19. The average Bonchev–Trinajstić information content (AvgIpc) is 3.31. The monoisotopic (exact) mass is 928 g/mol. The summed E-state index contributed by atoms with van der Waals surface area (Å²) in [6, 6.07) is -0.707. The molecule has 0 saturated carbocycles. The zero-order valence-electron chi connectivity index (χ0n) is 44.3. The quantitative estimate of drug-likeness (QED) is 0.0321. The van der Waals surface area contributed by atoms with E-state index in [4.69, 9.17) is 4.74 Å². The summed E-state index contributed by atoms with van der Waals surface area (Å²) in [5, 5.41) is 23.9. The number of hydrogen-bond acceptors (Lipinski definition) is 5. The second kappa shape index (κ2) is 54.0. The summed E-state index contributed by atoms with van der Waals surface area (Å²) >= 11 is 0. The smallest absolute Gasteiger partial charge is 0.306 e. The Kier molecular flexibility index (Phi) is 52.5. The van der Waals surface area contributed by atoms with Gasteiger partial charge in [-0.05, 0) is 64.2 Å². The van der Waals surface area contributed by atoms with Crippen molar-refractivity contribution in [2.24, 2.45) is 0 Å². The molecule has 3 atom stereocenters. The van der Waals surface area contributed by atoms with Crippen molar-refractivity contribution in [1.82, 2.24) is 5.32 Å². The molecule has 3 N–H and O–H groups in total. The van der Waals surface area contributed by atoms with Gasteiger partial charge >= 0.3 is 5.97 Å². The minimum Gasteiger partial charge on any atom is -0.462 e. The standard InChI is InChI=1S/C60H113NO5/c1-4-7-10-13-16-19-22-25-28-30-31-33-36-39-42-45-48-51-56(66-60(65)53-50-47-44-41-38-35-32-29-26-23-20-17-14-11-8-5-2)54-59(64)61-57(55-62)58(63)52-49-46-43-40-37-34-27-24-21-18-15-12-9-6-3/h16,19,25,28,31,33,56-58,62-63H,4-15,17-18,20-24,26-27,29-30,32,34-55H2,1-3H3,(H,61,64)/b19-16-,28-25-,33-31-. The molecular formula is C60H113NO5. The first-order valence-corrected chi connectivity index (χ1v) is 29.2. The van der Waals surface area contributed by atoms with Crippen molar-refractivity contribution in [3.63, 3.8) is 0 Å². The minimum absolute atomic E-state index is 0.0671. The maximum Gasteiger partial charge on any atom is 0.306 e. The highest BCUT2D eigenvalue weighted by Gasteiger charge is 2.24. The van der Waals surface area contributed by atoms with Crippen molar-refractivity contribution >= 4 is 11.9 Å². The largest absolute Gasteiger partial charge is 0.462 e. The van der Waals surface area contributed by atoms with E-state index in [0.29, 0.717) is 19.3 Å². The number of hydrogen-bond donors (Lipinski definition) is 3. The molecule has 0 radical (unpaired) electrons. The van der Waals surface area contributed by atoms with Crippen molar-refractivity contribution < 1.29 is 24.5 Å². The van der Waals surface area contributed by atoms with Crippen LogP contribution >= 0.6 is 0 Å². The molecule has 6 heteroatoms.